The molecule has 0 aromatic carbocycles. The highest BCUT2D eigenvalue weighted by atomic mass is 16.7. The zero-order valence-corrected chi connectivity index (χ0v) is 8.12. The molecule has 1 unspecified atom stereocenters. The first-order chi connectivity index (χ1) is 6.20. The molecule has 0 fully saturated rings. The van der Waals surface area contributed by atoms with Crippen molar-refractivity contribution in [1.29, 1.82) is 0 Å². The van der Waals surface area contributed by atoms with Gasteiger partial charge >= 0.3 is 5.97 Å². The Kier molecular flexibility index (Phi) is 7.24. The van der Waals surface area contributed by atoms with Crippen molar-refractivity contribution in [2.45, 2.75) is 20.1 Å². The van der Waals surface area contributed by atoms with Gasteiger partial charge in [0, 0.05) is 0 Å². The molecule has 1 atom stereocenters. The van der Waals surface area contributed by atoms with Crippen LogP contribution in [0.5, 0.6) is 0 Å². The fourth-order valence-electron chi connectivity index (χ4n) is 0.640. The van der Waals surface area contributed by atoms with Crippen LogP contribution in [0.25, 0.3) is 0 Å². The molecule has 0 aliphatic carbocycles. The van der Waals surface area contributed by atoms with E-state index in [1.54, 1.807) is 19.9 Å². The van der Waals surface area contributed by atoms with Gasteiger partial charge in [0.15, 0.2) is 6.29 Å². The van der Waals surface area contributed by atoms with Crippen LogP contribution in [0.4, 0.5) is 0 Å². The molecule has 0 aliphatic rings. The SMILES string of the molecule is C=CCOC(C)OCC(=O)OCC. The number of rotatable bonds is 7. The third kappa shape index (κ3) is 7.49. The molecule has 0 spiro atoms. The first kappa shape index (κ1) is 12.1. The van der Waals surface area contributed by atoms with Gasteiger partial charge in [-0.05, 0) is 13.8 Å². The summed E-state index contributed by atoms with van der Waals surface area (Å²) >= 11 is 0. The molecule has 0 aromatic heterocycles. The van der Waals surface area contributed by atoms with Crippen LogP contribution < -0.4 is 0 Å². The summed E-state index contributed by atoms with van der Waals surface area (Å²) in [5, 5.41) is 0. The molecule has 0 bridgehead atoms. The summed E-state index contributed by atoms with van der Waals surface area (Å²) in [5.74, 6) is -0.378. The van der Waals surface area contributed by atoms with Crippen molar-refractivity contribution in [3.63, 3.8) is 0 Å². The van der Waals surface area contributed by atoms with E-state index >= 15 is 0 Å². The molecule has 4 nitrogen and oxygen atoms in total. The molecule has 0 rings (SSSR count). The zero-order chi connectivity index (χ0) is 10.1. The van der Waals surface area contributed by atoms with E-state index in [0.29, 0.717) is 13.2 Å². The van der Waals surface area contributed by atoms with Crippen molar-refractivity contribution >= 4 is 5.97 Å². The Balaban J connectivity index is 3.39. The molecule has 0 aliphatic heterocycles. The summed E-state index contributed by atoms with van der Waals surface area (Å²) in [6.45, 7) is 7.64. The van der Waals surface area contributed by atoms with Crippen molar-refractivity contribution < 1.29 is 19.0 Å². The Labute approximate surface area is 78.5 Å². The van der Waals surface area contributed by atoms with Crippen molar-refractivity contribution in [3.8, 4) is 0 Å². The monoisotopic (exact) mass is 188 g/mol. The summed E-state index contributed by atoms with van der Waals surface area (Å²) in [5.41, 5.74) is 0. The van der Waals surface area contributed by atoms with Gasteiger partial charge in [-0.2, -0.15) is 0 Å². The van der Waals surface area contributed by atoms with Gasteiger partial charge in [-0.25, -0.2) is 4.79 Å². The van der Waals surface area contributed by atoms with Crippen LogP contribution >= 0.6 is 0 Å². The van der Waals surface area contributed by atoms with Gasteiger partial charge in [0.25, 0.3) is 0 Å². The fourth-order valence-corrected chi connectivity index (χ4v) is 0.640. The van der Waals surface area contributed by atoms with Crippen LogP contribution in [0.3, 0.4) is 0 Å². The van der Waals surface area contributed by atoms with Gasteiger partial charge < -0.3 is 14.2 Å². The minimum absolute atomic E-state index is 0.0772. The second-order valence-electron chi connectivity index (χ2n) is 2.31. The Morgan fingerprint density at radius 1 is 1.54 bits per heavy atom. The maximum Gasteiger partial charge on any atom is 0.332 e. The summed E-state index contributed by atoms with van der Waals surface area (Å²) in [7, 11) is 0. The van der Waals surface area contributed by atoms with Crippen LogP contribution in [-0.4, -0.2) is 32.1 Å². The molecule has 0 saturated carbocycles. The average Bonchev–Trinajstić information content (AvgIpc) is 2.12. The van der Waals surface area contributed by atoms with Crippen molar-refractivity contribution in [2.75, 3.05) is 19.8 Å². The van der Waals surface area contributed by atoms with Gasteiger partial charge in [0.05, 0.1) is 13.2 Å². The summed E-state index contributed by atoms with van der Waals surface area (Å²) < 4.78 is 14.7. The lowest BCUT2D eigenvalue weighted by Gasteiger charge is -2.11. The van der Waals surface area contributed by atoms with Crippen LogP contribution in [0.1, 0.15) is 13.8 Å². The summed E-state index contributed by atoms with van der Waals surface area (Å²) in [4.78, 5) is 10.8. The third-order valence-corrected chi connectivity index (χ3v) is 1.19. The van der Waals surface area contributed by atoms with Crippen LogP contribution in [-0.2, 0) is 19.0 Å². The van der Waals surface area contributed by atoms with E-state index in [4.69, 9.17) is 9.47 Å². The molecule has 0 N–H and O–H groups in total. The second-order valence-corrected chi connectivity index (χ2v) is 2.31. The topological polar surface area (TPSA) is 44.8 Å². The molecule has 13 heavy (non-hydrogen) atoms. The van der Waals surface area contributed by atoms with E-state index in [9.17, 15) is 4.79 Å². The number of ether oxygens (including phenoxy) is 3. The van der Waals surface area contributed by atoms with Crippen molar-refractivity contribution in [3.05, 3.63) is 12.7 Å². The number of hydrogen-bond donors (Lipinski definition) is 0. The van der Waals surface area contributed by atoms with Crippen molar-refractivity contribution in [1.82, 2.24) is 0 Å². The normalized spacial score (nSPS) is 12.2. The van der Waals surface area contributed by atoms with E-state index < -0.39 is 6.29 Å². The summed E-state index contributed by atoms with van der Waals surface area (Å²) in [6.07, 6.45) is 1.20. The maximum absolute atomic E-state index is 10.8. The Morgan fingerprint density at radius 3 is 2.77 bits per heavy atom. The minimum Gasteiger partial charge on any atom is -0.464 e. The lowest BCUT2D eigenvalue weighted by atomic mass is 10.6. The largest absolute Gasteiger partial charge is 0.464 e. The molecule has 0 radical (unpaired) electrons. The standard InChI is InChI=1S/C9H16O4/c1-4-6-12-8(3)13-7-9(10)11-5-2/h4,8H,1,5-7H2,2-3H3. The zero-order valence-electron chi connectivity index (χ0n) is 8.12. The van der Waals surface area contributed by atoms with Gasteiger partial charge in [-0.15, -0.1) is 6.58 Å². The van der Waals surface area contributed by atoms with E-state index in [2.05, 4.69) is 11.3 Å². The molecule has 0 aromatic rings. The second kappa shape index (κ2) is 7.76. The highest BCUT2D eigenvalue weighted by Gasteiger charge is 2.05. The quantitative estimate of drug-likeness (QED) is 0.341. The van der Waals surface area contributed by atoms with Gasteiger partial charge in [-0.3, -0.25) is 0 Å². The molecule has 0 amide bonds. The summed E-state index contributed by atoms with van der Waals surface area (Å²) in [6, 6.07) is 0. The Morgan fingerprint density at radius 2 is 2.23 bits per heavy atom. The van der Waals surface area contributed by atoms with E-state index in [1.807, 2.05) is 0 Å². The number of carbonyl (C=O) groups is 1. The maximum atomic E-state index is 10.8. The molecular formula is C9H16O4. The fraction of sp³-hybridized carbons (Fsp3) is 0.667. The van der Waals surface area contributed by atoms with E-state index in [0.717, 1.165) is 0 Å². The molecule has 4 heteroatoms. The number of esters is 1. The molecule has 0 saturated heterocycles. The molecule has 0 heterocycles. The smallest absolute Gasteiger partial charge is 0.332 e. The van der Waals surface area contributed by atoms with E-state index in [-0.39, 0.29) is 12.6 Å². The Bertz CT molecular complexity index is 156. The molecule has 76 valence electrons. The predicted molar refractivity (Wildman–Crippen MR) is 48.2 cm³/mol. The highest BCUT2D eigenvalue weighted by molar-refractivity contribution is 5.70. The van der Waals surface area contributed by atoms with Gasteiger partial charge in [0.1, 0.15) is 6.61 Å². The predicted octanol–water partition coefficient (Wildman–Crippen LogP) is 1.11. The number of hydrogen-bond acceptors (Lipinski definition) is 4. The number of carbonyl (C=O) groups excluding carboxylic acids is 1. The Hall–Kier alpha value is -0.870. The van der Waals surface area contributed by atoms with Crippen LogP contribution in [0.2, 0.25) is 0 Å². The van der Waals surface area contributed by atoms with Gasteiger partial charge in [-0.1, -0.05) is 6.08 Å². The highest BCUT2D eigenvalue weighted by Crippen LogP contribution is 1.93. The van der Waals surface area contributed by atoms with Crippen LogP contribution in [0, 0.1) is 0 Å². The minimum atomic E-state index is -0.414. The van der Waals surface area contributed by atoms with Gasteiger partial charge in [0.2, 0.25) is 0 Å². The lowest BCUT2D eigenvalue weighted by Crippen LogP contribution is -2.20. The van der Waals surface area contributed by atoms with Crippen LogP contribution in [0.15, 0.2) is 12.7 Å². The van der Waals surface area contributed by atoms with E-state index in [1.165, 1.54) is 0 Å². The first-order valence-corrected chi connectivity index (χ1v) is 4.20. The average molecular weight is 188 g/mol. The molecular weight excluding hydrogens is 172 g/mol. The van der Waals surface area contributed by atoms with Crippen molar-refractivity contribution in [2.24, 2.45) is 0 Å². The first-order valence-electron chi connectivity index (χ1n) is 4.20. The third-order valence-electron chi connectivity index (χ3n) is 1.19. The lowest BCUT2D eigenvalue weighted by molar-refractivity contribution is -0.166.